The lowest BCUT2D eigenvalue weighted by atomic mass is 9.98. The van der Waals surface area contributed by atoms with Crippen molar-refractivity contribution in [1.29, 1.82) is 0 Å². The van der Waals surface area contributed by atoms with Crippen LogP contribution in [0.15, 0.2) is 34.7 Å². The van der Waals surface area contributed by atoms with E-state index < -0.39 is 27.7 Å². The average molecular weight is 373 g/mol. The molecule has 1 saturated heterocycles. The molecule has 25 heavy (non-hydrogen) atoms. The number of nitrogens with zero attached hydrogens (tertiary/aromatic N) is 4. The summed E-state index contributed by atoms with van der Waals surface area (Å²) in [5, 5.41) is 0.0500. The molecule has 0 unspecified atom stereocenters. The summed E-state index contributed by atoms with van der Waals surface area (Å²) in [7, 11) is -3.59. The second kappa shape index (κ2) is 7.00. The zero-order valence-electron chi connectivity index (χ0n) is 13.2. The maximum Gasteiger partial charge on any atom is 0.280 e. The number of alkyl halides is 2. The van der Waals surface area contributed by atoms with E-state index in [1.807, 2.05) is 0 Å². The average Bonchev–Trinajstić information content (AvgIpc) is 3.12. The molecule has 1 fully saturated rings. The van der Waals surface area contributed by atoms with Crippen LogP contribution in [0.1, 0.15) is 25.0 Å². The number of aromatic amines is 1. The Bertz CT molecular complexity index is 874. The van der Waals surface area contributed by atoms with E-state index in [-0.39, 0.29) is 10.9 Å². The largest absolute Gasteiger partial charge is 0.335 e. The van der Waals surface area contributed by atoms with Crippen molar-refractivity contribution >= 4 is 10.0 Å². The van der Waals surface area contributed by atoms with Crippen LogP contribution in [-0.4, -0.2) is 45.3 Å². The van der Waals surface area contributed by atoms with Crippen LogP contribution in [0.25, 0.3) is 0 Å². The third kappa shape index (κ3) is 3.76. The van der Waals surface area contributed by atoms with E-state index in [2.05, 4.69) is 15.0 Å². The van der Waals surface area contributed by atoms with Crippen molar-refractivity contribution in [2.45, 2.75) is 30.8 Å². The molecule has 0 aliphatic carbocycles. The normalized spacial score (nSPS) is 17.2. The van der Waals surface area contributed by atoms with Crippen molar-refractivity contribution in [3.05, 3.63) is 41.0 Å². The lowest BCUT2D eigenvalue weighted by Gasteiger charge is -2.30. The molecule has 1 aliphatic heterocycles. The van der Waals surface area contributed by atoms with E-state index in [1.165, 1.54) is 21.4 Å². The fourth-order valence-electron chi connectivity index (χ4n) is 2.83. The second-order valence-corrected chi connectivity index (χ2v) is 7.77. The minimum absolute atomic E-state index is 0.0500. The van der Waals surface area contributed by atoms with E-state index in [0.29, 0.717) is 32.5 Å². The van der Waals surface area contributed by atoms with Crippen LogP contribution in [0.3, 0.4) is 0 Å². The molecule has 0 bridgehead atoms. The Morgan fingerprint density at radius 1 is 1.32 bits per heavy atom. The third-order valence-corrected chi connectivity index (χ3v) is 6.07. The summed E-state index contributed by atoms with van der Waals surface area (Å²) in [5.74, 6) is 0.0742. The number of rotatable bonds is 5. The molecule has 3 heterocycles. The highest BCUT2D eigenvalue weighted by Crippen LogP contribution is 2.23. The maximum absolute atomic E-state index is 12.5. The van der Waals surface area contributed by atoms with Crippen molar-refractivity contribution in [1.82, 2.24) is 23.8 Å². The second-order valence-electron chi connectivity index (χ2n) is 5.87. The van der Waals surface area contributed by atoms with Gasteiger partial charge in [-0.1, -0.05) is 0 Å². The van der Waals surface area contributed by atoms with Gasteiger partial charge in [0.05, 0.1) is 18.9 Å². The molecule has 0 amide bonds. The predicted octanol–water partition coefficient (Wildman–Crippen LogP) is 1.00. The van der Waals surface area contributed by atoms with Crippen molar-refractivity contribution in [3.8, 4) is 0 Å². The van der Waals surface area contributed by atoms with Gasteiger partial charge < -0.3 is 4.98 Å². The highest BCUT2D eigenvalue weighted by atomic mass is 32.2. The first-order valence-corrected chi connectivity index (χ1v) is 9.15. The molecular weight excluding hydrogens is 356 g/mol. The summed E-state index contributed by atoms with van der Waals surface area (Å²) in [6.07, 6.45) is 2.04. The topological polar surface area (TPSA) is 101 Å². The molecule has 11 heteroatoms. The highest BCUT2D eigenvalue weighted by Gasteiger charge is 2.30. The molecule has 0 spiro atoms. The summed E-state index contributed by atoms with van der Waals surface area (Å²) in [5.41, 5.74) is -1.07. The van der Waals surface area contributed by atoms with Crippen LogP contribution in [0.2, 0.25) is 0 Å². The molecule has 1 N–H and O–H groups in total. The molecule has 0 radical (unpaired) electrons. The lowest BCUT2D eigenvalue weighted by Crippen LogP contribution is -2.40. The zero-order chi connectivity index (χ0) is 18.0. The number of halogens is 2. The molecule has 8 nitrogen and oxygen atoms in total. The number of hydrogen-bond acceptors (Lipinski definition) is 5. The van der Waals surface area contributed by atoms with Crippen LogP contribution < -0.4 is 5.56 Å². The van der Waals surface area contributed by atoms with Crippen molar-refractivity contribution < 1.29 is 17.2 Å². The highest BCUT2D eigenvalue weighted by molar-refractivity contribution is 7.89. The molecule has 136 valence electrons. The van der Waals surface area contributed by atoms with Gasteiger partial charge in [0.2, 0.25) is 0 Å². The van der Waals surface area contributed by atoms with Gasteiger partial charge in [0.15, 0.2) is 5.03 Å². The van der Waals surface area contributed by atoms with E-state index in [1.54, 1.807) is 0 Å². The van der Waals surface area contributed by atoms with Crippen LogP contribution >= 0.6 is 0 Å². The lowest BCUT2D eigenvalue weighted by molar-refractivity contribution is 0.145. The SMILES string of the molecule is O=c1cc(C(F)F)ncn1CC1CCN(S(=O)(=O)c2cnc[nH]2)CC1. The van der Waals surface area contributed by atoms with E-state index in [0.717, 1.165) is 12.4 Å². The molecule has 0 aromatic carbocycles. The standard InChI is InChI=1S/C14H17F2N5O3S/c15-14(16)11-5-13(22)20(9-19-11)7-10-1-3-21(4-2-10)25(23,24)12-6-17-8-18-12/h5-6,8-10,14H,1-4,7H2,(H,17,18). The predicted molar refractivity (Wildman–Crippen MR) is 83.5 cm³/mol. The number of H-pyrrole nitrogens is 1. The first kappa shape index (κ1) is 17.7. The van der Waals surface area contributed by atoms with Crippen molar-refractivity contribution in [2.24, 2.45) is 5.92 Å². The van der Waals surface area contributed by atoms with Crippen LogP contribution in [0.4, 0.5) is 8.78 Å². The Kier molecular flexibility index (Phi) is 4.95. The fraction of sp³-hybridized carbons (Fsp3) is 0.500. The Balaban J connectivity index is 1.63. The third-order valence-electron chi connectivity index (χ3n) is 4.24. The van der Waals surface area contributed by atoms with E-state index in [4.69, 9.17) is 0 Å². The Hall–Kier alpha value is -2.14. The summed E-state index contributed by atoms with van der Waals surface area (Å²) in [6, 6.07) is 0.836. The van der Waals surface area contributed by atoms with E-state index in [9.17, 15) is 22.0 Å². The van der Waals surface area contributed by atoms with E-state index >= 15 is 0 Å². The smallest absolute Gasteiger partial charge is 0.280 e. The number of hydrogen-bond donors (Lipinski definition) is 1. The van der Waals surface area contributed by atoms with Gasteiger partial charge in [-0.2, -0.15) is 4.31 Å². The minimum Gasteiger partial charge on any atom is -0.335 e. The summed E-state index contributed by atoms with van der Waals surface area (Å²) in [4.78, 5) is 21.8. The van der Waals surface area contributed by atoms with Crippen LogP contribution in [0.5, 0.6) is 0 Å². The van der Waals surface area contributed by atoms with Gasteiger partial charge >= 0.3 is 0 Å². The van der Waals surface area contributed by atoms with Gasteiger partial charge in [-0.05, 0) is 18.8 Å². The molecule has 0 saturated carbocycles. The van der Waals surface area contributed by atoms with Crippen molar-refractivity contribution in [2.75, 3.05) is 13.1 Å². The molecule has 0 atom stereocenters. The minimum atomic E-state index is -3.59. The molecule has 1 aliphatic rings. The van der Waals surface area contributed by atoms with Crippen LogP contribution in [0, 0.1) is 5.92 Å². The van der Waals surface area contributed by atoms with Gasteiger partial charge in [-0.3, -0.25) is 9.36 Å². The van der Waals surface area contributed by atoms with Gasteiger partial charge in [0, 0.05) is 25.7 Å². The quantitative estimate of drug-likeness (QED) is 0.843. The van der Waals surface area contributed by atoms with Gasteiger partial charge in [-0.25, -0.2) is 27.2 Å². The van der Waals surface area contributed by atoms with Crippen LogP contribution in [-0.2, 0) is 16.6 Å². The molecular formula is C14H17F2N5O3S. The van der Waals surface area contributed by atoms with Gasteiger partial charge in [0.25, 0.3) is 22.0 Å². The summed E-state index contributed by atoms with van der Waals surface area (Å²) < 4.78 is 52.5. The Morgan fingerprint density at radius 2 is 2.04 bits per heavy atom. The fourth-order valence-corrected chi connectivity index (χ4v) is 4.20. The number of aromatic nitrogens is 4. The number of sulfonamides is 1. The molecule has 3 rings (SSSR count). The Labute approximate surface area is 142 Å². The number of piperidine rings is 1. The first-order chi connectivity index (χ1) is 11.9. The monoisotopic (exact) mass is 373 g/mol. The van der Waals surface area contributed by atoms with Gasteiger partial charge in [0.1, 0.15) is 5.69 Å². The zero-order valence-corrected chi connectivity index (χ0v) is 14.0. The van der Waals surface area contributed by atoms with Crippen molar-refractivity contribution in [3.63, 3.8) is 0 Å². The molecule has 2 aromatic heterocycles. The number of nitrogens with one attached hydrogen (secondary N) is 1. The molecule has 2 aromatic rings. The number of imidazole rings is 1. The maximum atomic E-state index is 12.5. The summed E-state index contributed by atoms with van der Waals surface area (Å²) >= 11 is 0. The first-order valence-electron chi connectivity index (χ1n) is 7.71. The van der Waals surface area contributed by atoms with Gasteiger partial charge in [-0.15, -0.1) is 0 Å². The Morgan fingerprint density at radius 3 is 2.60 bits per heavy atom. The summed E-state index contributed by atoms with van der Waals surface area (Å²) in [6.45, 7) is 0.972.